The van der Waals surface area contributed by atoms with Crippen molar-refractivity contribution in [3.8, 4) is 0 Å². The first-order valence-electron chi connectivity index (χ1n) is 13.1. The van der Waals surface area contributed by atoms with Crippen molar-refractivity contribution in [2.24, 2.45) is 41.4 Å². The van der Waals surface area contributed by atoms with E-state index >= 15 is 0 Å². The van der Waals surface area contributed by atoms with Crippen molar-refractivity contribution in [1.82, 2.24) is 0 Å². The maximum atomic E-state index is 13.2. The van der Waals surface area contributed by atoms with Crippen LogP contribution in [0.4, 0.5) is 0 Å². The molecule has 4 aliphatic carbocycles. The predicted molar refractivity (Wildman–Crippen MR) is 127 cm³/mol. The molecular weight excluding hydrogens is 452 g/mol. The van der Waals surface area contributed by atoms with E-state index in [4.69, 9.17) is 19.3 Å². The van der Waals surface area contributed by atoms with Gasteiger partial charge in [-0.25, -0.2) is 4.79 Å². The third-order valence-electron chi connectivity index (χ3n) is 8.93. The van der Waals surface area contributed by atoms with Crippen LogP contribution in [-0.2, 0) is 33.4 Å². The Balaban J connectivity index is 0.00000167. The lowest BCUT2D eigenvalue weighted by atomic mass is 9.50. The van der Waals surface area contributed by atoms with Gasteiger partial charge in [0.25, 0.3) is 0 Å². The summed E-state index contributed by atoms with van der Waals surface area (Å²) < 4.78 is 16.5. The topological polar surface area (TPSA) is 116 Å². The van der Waals surface area contributed by atoms with Gasteiger partial charge in [-0.1, -0.05) is 13.8 Å². The molecule has 198 valence electrons. The third kappa shape index (κ3) is 6.07. The molecule has 5 fully saturated rings. The Morgan fingerprint density at radius 3 is 2.00 bits per heavy atom. The number of carbonyl (C=O) groups is 4. The first kappa shape index (κ1) is 27.6. The van der Waals surface area contributed by atoms with Crippen LogP contribution in [0.25, 0.3) is 0 Å². The minimum Gasteiger partial charge on any atom is -0.463 e. The Morgan fingerprint density at radius 2 is 1.51 bits per heavy atom. The number of ether oxygens (including phenoxy) is 3. The number of hydrogen-bond donors (Lipinski definition) is 1. The molecule has 0 aromatic carbocycles. The molecule has 8 heteroatoms. The molecule has 4 saturated carbocycles. The molecule has 8 nitrogen and oxygen atoms in total. The fourth-order valence-electron chi connectivity index (χ4n) is 6.83. The molecule has 1 heterocycles. The molecule has 35 heavy (non-hydrogen) atoms. The Hall–Kier alpha value is -1.96. The van der Waals surface area contributed by atoms with Gasteiger partial charge >= 0.3 is 17.9 Å². The smallest absolute Gasteiger partial charge is 0.347 e. The van der Waals surface area contributed by atoms with E-state index in [0.29, 0.717) is 18.3 Å². The molecule has 4 bridgehead atoms. The van der Waals surface area contributed by atoms with Crippen molar-refractivity contribution in [2.75, 3.05) is 13.7 Å². The highest BCUT2D eigenvalue weighted by atomic mass is 16.6. The Kier molecular flexibility index (Phi) is 9.00. The second-order valence-electron chi connectivity index (χ2n) is 11.4. The minimum absolute atomic E-state index is 0.0237. The zero-order valence-electron chi connectivity index (χ0n) is 21.8. The summed E-state index contributed by atoms with van der Waals surface area (Å²) in [6.07, 6.45) is 5.86. The fourth-order valence-corrected chi connectivity index (χ4v) is 6.83. The number of cyclic esters (lactones) is 1. The number of ketones is 1. The van der Waals surface area contributed by atoms with Crippen molar-refractivity contribution < 1.29 is 38.5 Å². The number of esters is 3. The molecule has 1 aliphatic heterocycles. The first-order valence-corrected chi connectivity index (χ1v) is 13.1. The lowest BCUT2D eigenvalue weighted by molar-refractivity contribution is -0.207. The van der Waals surface area contributed by atoms with Crippen LogP contribution in [0.5, 0.6) is 0 Å². The standard InChI is InChI=1S/C26H38O7.CH4O/c1-14(16(3)27)7-19(24(29)32-22-5-6-31-25(22)30)8-15(2)23(28)33-26(4)20-10-17-9-18(12-20)13-21(26)11-17;1-2/h14-15,17-22H,5-13H2,1-4H3;2H,1H3. The van der Waals surface area contributed by atoms with E-state index < -0.39 is 35.5 Å². The highest BCUT2D eigenvalue weighted by Gasteiger charge is 2.57. The molecule has 0 aromatic rings. The third-order valence-corrected chi connectivity index (χ3v) is 8.93. The van der Waals surface area contributed by atoms with E-state index in [2.05, 4.69) is 6.92 Å². The van der Waals surface area contributed by atoms with Gasteiger partial charge in [-0.3, -0.25) is 14.4 Å². The molecule has 5 rings (SSSR count). The van der Waals surface area contributed by atoms with Crippen LogP contribution in [0.3, 0.4) is 0 Å². The van der Waals surface area contributed by atoms with Crippen LogP contribution >= 0.6 is 0 Å². The van der Waals surface area contributed by atoms with Crippen LogP contribution in [0.1, 0.15) is 79.1 Å². The number of Topliss-reactive ketones (excluding diaryl/α,β-unsaturated/α-hetero) is 1. The van der Waals surface area contributed by atoms with Gasteiger partial charge in [0.15, 0.2) is 0 Å². The number of carbonyl (C=O) groups excluding carboxylic acids is 4. The Morgan fingerprint density at radius 1 is 0.971 bits per heavy atom. The van der Waals surface area contributed by atoms with Crippen molar-refractivity contribution in [3.63, 3.8) is 0 Å². The molecule has 0 aromatic heterocycles. The molecule has 1 N–H and O–H groups in total. The average molecular weight is 495 g/mol. The van der Waals surface area contributed by atoms with Gasteiger partial charge in [0, 0.05) is 19.4 Å². The zero-order valence-corrected chi connectivity index (χ0v) is 21.8. The van der Waals surface area contributed by atoms with Gasteiger partial charge in [-0.15, -0.1) is 0 Å². The largest absolute Gasteiger partial charge is 0.463 e. The normalized spacial score (nSPS) is 35.3. The van der Waals surface area contributed by atoms with E-state index in [9.17, 15) is 19.2 Å². The maximum absolute atomic E-state index is 13.2. The van der Waals surface area contributed by atoms with Crippen LogP contribution in [0.2, 0.25) is 0 Å². The van der Waals surface area contributed by atoms with E-state index in [1.54, 1.807) is 13.8 Å². The number of aliphatic hydroxyl groups excluding tert-OH is 1. The van der Waals surface area contributed by atoms with Crippen LogP contribution in [0, 0.1) is 41.4 Å². The summed E-state index contributed by atoms with van der Waals surface area (Å²) >= 11 is 0. The molecule has 0 radical (unpaired) electrons. The quantitative estimate of drug-likeness (QED) is 0.383. The Bertz CT molecular complexity index is 777. The highest BCUT2D eigenvalue weighted by molar-refractivity contribution is 5.83. The first-order chi connectivity index (χ1) is 16.6. The van der Waals surface area contributed by atoms with Gasteiger partial charge in [-0.05, 0) is 82.5 Å². The summed E-state index contributed by atoms with van der Waals surface area (Å²) in [5.41, 5.74) is -0.422. The lowest BCUT2D eigenvalue weighted by Gasteiger charge is -2.59. The maximum Gasteiger partial charge on any atom is 0.347 e. The van der Waals surface area contributed by atoms with Crippen LogP contribution < -0.4 is 0 Å². The number of aliphatic hydroxyl groups is 1. The van der Waals surface area contributed by atoms with E-state index in [1.165, 1.54) is 13.3 Å². The molecule has 5 aliphatic rings. The van der Waals surface area contributed by atoms with Crippen molar-refractivity contribution in [2.45, 2.75) is 90.8 Å². The van der Waals surface area contributed by atoms with Gasteiger partial charge in [-0.2, -0.15) is 0 Å². The minimum atomic E-state index is -0.901. The summed E-state index contributed by atoms with van der Waals surface area (Å²) in [4.78, 5) is 49.7. The monoisotopic (exact) mass is 494 g/mol. The van der Waals surface area contributed by atoms with Gasteiger partial charge in [0.1, 0.15) is 11.4 Å². The van der Waals surface area contributed by atoms with Crippen molar-refractivity contribution in [1.29, 1.82) is 0 Å². The predicted octanol–water partition coefficient (Wildman–Crippen LogP) is 3.47. The molecule has 1 saturated heterocycles. The van der Waals surface area contributed by atoms with E-state index in [-0.39, 0.29) is 37.1 Å². The highest BCUT2D eigenvalue weighted by Crippen LogP contribution is 2.59. The van der Waals surface area contributed by atoms with Gasteiger partial charge < -0.3 is 19.3 Å². The summed E-state index contributed by atoms with van der Waals surface area (Å²) in [5, 5.41) is 7.00. The second-order valence-corrected chi connectivity index (χ2v) is 11.4. The molecule has 4 unspecified atom stereocenters. The SMILES string of the molecule is CC(=O)C(C)CC(CC(C)C(=O)OC1(C)C2CC3CC(C2)CC1C3)C(=O)OC1CCOC1=O.CO. The summed E-state index contributed by atoms with van der Waals surface area (Å²) in [6.45, 7) is 7.39. The fraction of sp³-hybridized carbons (Fsp3) is 0.852. The van der Waals surface area contributed by atoms with Crippen LogP contribution in [-0.4, -0.2) is 54.2 Å². The zero-order chi connectivity index (χ0) is 25.9. The van der Waals surface area contributed by atoms with Crippen molar-refractivity contribution in [3.05, 3.63) is 0 Å². The van der Waals surface area contributed by atoms with Crippen LogP contribution in [0.15, 0.2) is 0 Å². The van der Waals surface area contributed by atoms with E-state index in [1.807, 2.05) is 0 Å². The summed E-state index contributed by atoms with van der Waals surface area (Å²) in [6, 6.07) is 0. The average Bonchev–Trinajstić information content (AvgIpc) is 3.21. The molecular formula is C27H42O8. The summed E-state index contributed by atoms with van der Waals surface area (Å²) in [5.74, 6) is -0.481. The lowest BCUT2D eigenvalue weighted by Crippen LogP contribution is -2.58. The summed E-state index contributed by atoms with van der Waals surface area (Å²) in [7, 11) is 1.00. The number of rotatable bonds is 9. The second kappa shape index (κ2) is 11.4. The van der Waals surface area contributed by atoms with Gasteiger partial charge in [0.2, 0.25) is 6.10 Å². The van der Waals surface area contributed by atoms with Crippen molar-refractivity contribution >= 4 is 23.7 Å². The molecule has 0 spiro atoms. The number of hydrogen-bond acceptors (Lipinski definition) is 8. The van der Waals surface area contributed by atoms with Gasteiger partial charge in [0.05, 0.1) is 18.4 Å². The molecule has 0 amide bonds. The Labute approximate surface area is 208 Å². The van der Waals surface area contributed by atoms with E-state index in [0.717, 1.165) is 44.6 Å². The molecule has 4 atom stereocenters.